The van der Waals surface area contributed by atoms with E-state index in [4.69, 9.17) is 10.8 Å². The first kappa shape index (κ1) is 22.6. The van der Waals surface area contributed by atoms with Gasteiger partial charge in [0.1, 0.15) is 29.1 Å². The third kappa shape index (κ3) is 3.92. The molecular formula is C26H23N9O2. The van der Waals surface area contributed by atoms with Gasteiger partial charge >= 0.3 is 0 Å². The summed E-state index contributed by atoms with van der Waals surface area (Å²) in [6.07, 6.45) is 4.95. The van der Waals surface area contributed by atoms with Gasteiger partial charge in [0.05, 0.1) is 17.5 Å². The van der Waals surface area contributed by atoms with Gasteiger partial charge in [0.2, 0.25) is 5.91 Å². The normalized spacial score (nSPS) is 17.9. The summed E-state index contributed by atoms with van der Waals surface area (Å²) in [4.78, 5) is 40.0. The number of likely N-dealkylation sites (tertiary alicyclic amines) is 1. The molecule has 3 aromatic heterocycles. The van der Waals surface area contributed by atoms with Crippen molar-refractivity contribution in [1.29, 1.82) is 5.26 Å². The van der Waals surface area contributed by atoms with Crippen molar-refractivity contribution in [3.63, 3.8) is 0 Å². The Morgan fingerprint density at radius 3 is 2.62 bits per heavy atom. The highest BCUT2D eigenvalue weighted by atomic mass is 16.2. The molecule has 3 N–H and O–H groups in total. The largest absolute Gasteiger partial charge is 0.383 e. The molecule has 1 aromatic carbocycles. The lowest BCUT2D eigenvalue weighted by Crippen LogP contribution is -2.35. The van der Waals surface area contributed by atoms with E-state index in [1.165, 1.54) is 6.33 Å². The molecule has 6 rings (SSSR count). The summed E-state index contributed by atoms with van der Waals surface area (Å²) in [5.74, 6) is 0.404. The number of aromatic nitrogens is 5. The predicted molar refractivity (Wildman–Crippen MR) is 135 cm³/mol. The van der Waals surface area contributed by atoms with Gasteiger partial charge < -0.3 is 16.0 Å². The molecule has 0 spiro atoms. The maximum absolute atomic E-state index is 12.9. The van der Waals surface area contributed by atoms with E-state index in [0.29, 0.717) is 66.3 Å². The molecule has 2 amide bonds. The summed E-state index contributed by atoms with van der Waals surface area (Å²) in [5.41, 5.74) is 7.82. The van der Waals surface area contributed by atoms with Crippen molar-refractivity contribution >= 4 is 34.5 Å². The minimum Gasteiger partial charge on any atom is -0.383 e. The zero-order valence-corrected chi connectivity index (χ0v) is 19.8. The molecule has 11 nitrogen and oxygen atoms in total. The number of fused-ring (bicyclic) bond motifs is 1. The van der Waals surface area contributed by atoms with Gasteiger partial charge in [0.25, 0.3) is 5.91 Å². The van der Waals surface area contributed by atoms with Crippen LogP contribution in [-0.4, -0.2) is 54.5 Å². The maximum Gasteiger partial charge on any atom is 0.256 e. The van der Waals surface area contributed by atoms with Crippen molar-refractivity contribution in [2.24, 2.45) is 5.41 Å². The fourth-order valence-electron chi connectivity index (χ4n) is 4.78. The lowest BCUT2D eigenvalue weighted by Gasteiger charge is -2.19. The number of nitrogens with one attached hydrogen (secondary N) is 1. The Kier molecular flexibility index (Phi) is 5.30. The van der Waals surface area contributed by atoms with E-state index in [2.05, 4.69) is 26.3 Å². The molecule has 2 aliphatic rings. The Hall–Kier alpha value is -4.85. The Morgan fingerprint density at radius 2 is 1.92 bits per heavy atom. The molecule has 37 heavy (non-hydrogen) atoms. The van der Waals surface area contributed by atoms with Crippen molar-refractivity contribution < 1.29 is 9.59 Å². The molecular weight excluding hydrogens is 470 g/mol. The van der Waals surface area contributed by atoms with E-state index in [9.17, 15) is 14.9 Å². The van der Waals surface area contributed by atoms with Crippen LogP contribution in [0, 0.1) is 16.7 Å². The first-order chi connectivity index (χ1) is 18.0. The molecule has 184 valence electrons. The number of amides is 2. The number of hydrogen-bond acceptors (Lipinski definition) is 8. The Morgan fingerprint density at radius 1 is 1.11 bits per heavy atom. The number of anilines is 2. The predicted octanol–water partition coefficient (Wildman–Crippen LogP) is 2.80. The molecule has 1 unspecified atom stereocenters. The minimum atomic E-state index is -0.844. The van der Waals surface area contributed by atoms with Gasteiger partial charge in [-0.05, 0) is 43.5 Å². The number of nitrogens with two attached hydrogens (primary N) is 1. The van der Waals surface area contributed by atoms with Gasteiger partial charge in [-0.1, -0.05) is 18.2 Å². The van der Waals surface area contributed by atoms with Gasteiger partial charge in [-0.15, -0.1) is 0 Å². The van der Waals surface area contributed by atoms with Crippen molar-refractivity contribution in [3.8, 4) is 17.3 Å². The third-order valence-corrected chi connectivity index (χ3v) is 7.02. The first-order valence-corrected chi connectivity index (χ1v) is 12.0. The van der Waals surface area contributed by atoms with Crippen LogP contribution >= 0.6 is 0 Å². The number of benzene rings is 1. The number of pyridine rings is 1. The van der Waals surface area contributed by atoms with Crippen molar-refractivity contribution in [2.75, 3.05) is 24.1 Å². The SMILES string of the molecule is N#CC1(C(=O)N2CCC(n3nc(-c4ccc(C(=O)Nc5ccccn5)cc4)c4c(N)ncnc43)C2)CC1. The molecule has 1 aliphatic carbocycles. The summed E-state index contributed by atoms with van der Waals surface area (Å²) in [7, 11) is 0. The third-order valence-electron chi connectivity index (χ3n) is 7.02. The number of rotatable bonds is 5. The lowest BCUT2D eigenvalue weighted by molar-refractivity contribution is -0.134. The van der Waals surface area contributed by atoms with Gasteiger partial charge in [0, 0.05) is 30.4 Å². The van der Waals surface area contributed by atoms with Crippen LogP contribution in [0.15, 0.2) is 55.0 Å². The first-order valence-electron chi connectivity index (χ1n) is 12.0. The summed E-state index contributed by atoms with van der Waals surface area (Å²) in [6, 6.07) is 14.4. The van der Waals surface area contributed by atoms with E-state index >= 15 is 0 Å². The quantitative estimate of drug-likeness (QED) is 0.430. The van der Waals surface area contributed by atoms with Crippen LogP contribution in [0.25, 0.3) is 22.3 Å². The Balaban J connectivity index is 1.29. The Bertz CT molecular complexity index is 1550. The summed E-state index contributed by atoms with van der Waals surface area (Å²) in [5, 5.41) is 17.7. The van der Waals surface area contributed by atoms with E-state index in [0.717, 1.165) is 5.56 Å². The van der Waals surface area contributed by atoms with Crippen LogP contribution < -0.4 is 11.1 Å². The smallest absolute Gasteiger partial charge is 0.256 e. The monoisotopic (exact) mass is 493 g/mol. The van der Waals surface area contributed by atoms with E-state index < -0.39 is 5.41 Å². The lowest BCUT2D eigenvalue weighted by atomic mass is 10.1. The van der Waals surface area contributed by atoms with Crippen LogP contribution in [0.3, 0.4) is 0 Å². The van der Waals surface area contributed by atoms with Gasteiger partial charge in [-0.2, -0.15) is 10.4 Å². The summed E-state index contributed by atoms with van der Waals surface area (Å²) < 4.78 is 1.81. The Labute approximate surface area is 211 Å². The van der Waals surface area contributed by atoms with Crippen LogP contribution in [0.1, 0.15) is 35.7 Å². The topological polar surface area (TPSA) is 156 Å². The molecule has 2 fully saturated rings. The fourth-order valence-corrected chi connectivity index (χ4v) is 4.78. The fraction of sp³-hybridized carbons (Fsp3) is 0.269. The molecule has 0 radical (unpaired) electrons. The van der Waals surface area contributed by atoms with Crippen LogP contribution in [-0.2, 0) is 4.79 Å². The number of nitriles is 1. The van der Waals surface area contributed by atoms with E-state index in [-0.39, 0.29) is 17.9 Å². The summed E-state index contributed by atoms with van der Waals surface area (Å²) >= 11 is 0. The highest BCUT2D eigenvalue weighted by Gasteiger charge is 2.53. The standard InChI is InChI=1S/C26H23N9O2/c27-14-26(9-10-26)25(37)34-12-8-18(13-34)35-23-20(22(28)30-15-31-23)21(33-35)16-4-6-17(7-5-16)24(36)32-19-3-1-2-11-29-19/h1-7,11,15,18H,8-10,12-13H2,(H2,28,30,31)(H,29,32,36). The second kappa shape index (κ2) is 8.67. The van der Waals surface area contributed by atoms with Gasteiger partial charge in [0.15, 0.2) is 5.65 Å². The van der Waals surface area contributed by atoms with Crippen molar-refractivity contribution in [1.82, 2.24) is 29.6 Å². The highest BCUT2D eigenvalue weighted by Crippen LogP contribution is 2.47. The van der Waals surface area contributed by atoms with Crippen LogP contribution in [0.2, 0.25) is 0 Å². The van der Waals surface area contributed by atoms with Crippen molar-refractivity contribution in [2.45, 2.75) is 25.3 Å². The number of carbonyl (C=O) groups is 2. The molecule has 1 aliphatic heterocycles. The second-order valence-electron chi connectivity index (χ2n) is 9.38. The van der Waals surface area contributed by atoms with Crippen LogP contribution in [0.5, 0.6) is 0 Å². The highest BCUT2D eigenvalue weighted by molar-refractivity contribution is 6.04. The van der Waals surface area contributed by atoms with Gasteiger partial charge in [-0.3, -0.25) is 9.59 Å². The number of hydrogen-bond donors (Lipinski definition) is 2. The zero-order valence-electron chi connectivity index (χ0n) is 19.8. The molecule has 4 aromatic rings. The summed E-state index contributed by atoms with van der Waals surface area (Å²) in [6.45, 7) is 1.01. The molecule has 4 heterocycles. The molecule has 1 saturated heterocycles. The minimum absolute atomic E-state index is 0.0945. The number of nitrogen functional groups attached to an aromatic ring is 1. The second-order valence-corrected chi connectivity index (χ2v) is 9.38. The molecule has 1 atom stereocenters. The number of carbonyl (C=O) groups excluding carboxylic acids is 2. The van der Waals surface area contributed by atoms with E-state index in [1.807, 2.05) is 4.68 Å². The van der Waals surface area contributed by atoms with E-state index in [1.54, 1.807) is 53.6 Å². The number of nitrogens with zero attached hydrogens (tertiary/aromatic N) is 7. The van der Waals surface area contributed by atoms with Gasteiger partial charge in [-0.25, -0.2) is 19.6 Å². The van der Waals surface area contributed by atoms with Crippen molar-refractivity contribution in [3.05, 3.63) is 60.6 Å². The zero-order chi connectivity index (χ0) is 25.6. The van der Waals surface area contributed by atoms with Crippen LogP contribution in [0.4, 0.5) is 11.6 Å². The molecule has 1 saturated carbocycles. The molecule has 11 heteroatoms. The maximum atomic E-state index is 12.9. The molecule has 0 bridgehead atoms. The average Bonchev–Trinajstić information content (AvgIpc) is 3.40. The average molecular weight is 494 g/mol.